The third-order valence-electron chi connectivity index (χ3n) is 6.14. The molecule has 2 aromatic heterocycles. The molecule has 1 aliphatic rings. The van der Waals surface area contributed by atoms with Crippen LogP contribution in [0, 0.1) is 0 Å². The molecule has 0 radical (unpaired) electrons. The Balaban J connectivity index is 1.52. The molecule has 1 aromatic carbocycles. The van der Waals surface area contributed by atoms with Crippen molar-refractivity contribution in [3.63, 3.8) is 0 Å². The van der Waals surface area contributed by atoms with Crippen molar-refractivity contribution in [3.05, 3.63) is 45.6 Å². The Morgan fingerprint density at radius 3 is 2.72 bits per heavy atom. The summed E-state index contributed by atoms with van der Waals surface area (Å²) in [6.45, 7) is 4.07. The molecule has 1 aliphatic carbocycles. The summed E-state index contributed by atoms with van der Waals surface area (Å²) in [5.41, 5.74) is 0.906. The molecule has 1 saturated carbocycles. The SMILES string of the molecule is CCn1c(=O)c2cc(C(=O)NCCN(C)C3CCCCC3)sc2c2ccccc21. The predicted octanol–water partition coefficient (Wildman–Crippen LogP) is 4.23. The van der Waals surface area contributed by atoms with Crippen molar-refractivity contribution in [2.75, 3.05) is 20.1 Å². The van der Waals surface area contributed by atoms with Gasteiger partial charge in [0.1, 0.15) is 0 Å². The summed E-state index contributed by atoms with van der Waals surface area (Å²) in [5.74, 6) is -0.0882. The van der Waals surface area contributed by atoms with E-state index in [1.165, 1.54) is 43.4 Å². The average Bonchev–Trinajstić information content (AvgIpc) is 3.21. The summed E-state index contributed by atoms with van der Waals surface area (Å²) in [7, 11) is 2.15. The molecule has 0 unspecified atom stereocenters. The molecular weight excluding hydrogens is 382 g/mol. The van der Waals surface area contributed by atoms with Gasteiger partial charge in [0.25, 0.3) is 11.5 Å². The number of para-hydroxylation sites is 1. The van der Waals surface area contributed by atoms with Gasteiger partial charge in [-0.2, -0.15) is 0 Å². The molecule has 0 aliphatic heterocycles. The van der Waals surface area contributed by atoms with Gasteiger partial charge in [-0.3, -0.25) is 9.59 Å². The first-order valence-electron chi connectivity index (χ1n) is 10.6. The van der Waals surface area contributed by atoms with Crippen molar-refractivity contribution in [2.45, 2.75) is 51.6 Å². The Morgan fingerprint density at radius 1 is 1.21 bits per heavy atom. The molecule has 4 rings (SSSR count). The molecule has 0 saturated heterocycles. The van der Waals surface area contributed by atoms with Gasteiger partial charge in [-0.25, -0.2) is 0 Å². The number of thiophene rings is 1. The number of hydrogen-bond donors (Lipinski definition) is 1. The fourth-order valence-corrected chi connectivity index (χ4v) is 5.57. The van der Waals surface area contributed by atoms with Crippen LogP contribution >= 0.6 is 11.3 Å². The normalized spacial score (nSPS) is 15.4. The van der Waals surface area contributed by atoms with E-state index in [0.717, 1.165) is 22.1 Å². The lowest BCUT2D eigenvalue weighted by Gasteiger charge is -2.31. The number of nitrogens with zero attached hydrogens (tertiary/aromatic N) is 2. The minimum Gasteiger partial charge on any atom is -0.350 e. The number of aromatic nitrogens is 1. The lowest BCUT2D eigenvalue weighted by molar-refractivity contribution is 0.0948. The van der Waals surface area contributed by atoms with Crippen LogP contribution in [0.2, 0.25) is 0 Å². The highest BCUT2D eigenvalue weighted by molar-refractivity contribution is 7.21. The van der Waals surface area contributed by atoms with E-state index in [-0.39, 0.29) is 11.5 Å². The second kappa shape index (κ2) is 8.67. The Kier molecular flexibility index (Phi) is 6.01. The molecule has 29 heavy (non-hydrogen) atoms. The van der Waals surface area contributed by atoms with Crippen LogP contribution in [0.3, 0.4) is 0 Å². The molecule has 5 nitrogen and oxygen atoms in total. The zero-order chi connectivity index (χ0) is 20.4. The van der Waals surface area contributed by atoms with Crippen molar-refractivity contribution < 1.29 is 4.79 Å². The summed E-state index contributed by atoms with van der Waals surface area (Å²) < 4.78 is 2.69. The zero-order valence-corrected chi connectivity index (χ0v) is 18.1. The van der Waals surface area contributed by atoms with Crippen molar-refractivity contribution in [1.29, 1.82) is 0 Å². The van der Waals surface area contributed by atoms with Crippen LogP contribution in [0.1, 0.15) is 48.7 Å². The van der Waals surface area contributed by atoms with Gasteiger partial charge < -0.3 is 14.8 Å². The summed E-state index contributed by atoms with van der Waals surface area (Å²) in [6, 6.07) is 10.3. The summed E-state index contributed by atoms with van der Waals surface area (Å²) in [5, 5.41) is 4.72. The second-order valence-corrected chi connectivity index (χ2v) is 9.00. The smallest absolute Gasteiger partial charge is 0.261 e. The van der Waals surface area contributed by atoms with Gasteiger partial charge in [-0.05, 0) is 38.9 Å². The molecule has 3 aromatic rings. The number of carbonyl (C=O) groups excluding carboxylic acids is 1. The van der Waals surface area contributed by atoms with E-state index in [1.807, 2.05) is 31.2 Å². The fourth-order valence-electron chi connectivity index (χ4n) is 4.47. The average molecular weight is 412 g/mol. The van der Waals surface area contributed by atoms with Gasteiger partial charge in [0, 0.05) is 35.8 Å². The Labute approximate surface area is 175 Å². The van der Waals surface area contributed by atoms with E-state index < -0.39 is 0 Å². The van der Waals surface area contributed by atoms with Gasteiger partial charge in [0.05, 0.1) is 15.8 Å². The maximum absolute atomic E-state index is 12.9. The number of rotatable bonds is 6. The zero-order valence-electron chi connectivity index (χ0n) is 17.2. The topological polar surface area (TPSA) is 54.3 Å². The highest BCUT2D eigenvalue weighted by Gasteiger charge is 2.19. The first-order chi connectivity index (χ1) is 14.1. The predicted molar refractivity (Wildman–Crippen MR) is 121 cm³/mol. The molecular formula is C23H29N3O2S. The molecule has 6 heteroatoms. The maximum atomic E-state index is 12.9. The molecule has 1 N–H and O–H groups in total. The summed E-state index contributed by atoms with van der Waals surface area (Å²) >= 11 is 1.42. The van der Waals surface area contributed by atoms with E-state index >= 15 is 0 Å². The van der Waals surface area contributed by atoms with Crippen LogP contribution in [-0.2, 0) is 6.54 Å². The van der Waals surface area contributed by atoms with E-state index in [2.05, 4.69) is 17.3 Å². The molecule has 0 spiro atoms. The Morgan fingerprint density at radius 2 is 1.97 bits per heavy atom. The van der Waals surface area contributed by atoms with Crippen LogP contribution in [-0.4, -0.2) is 41.6 Å². The van der Waals surface area contributed by atoms with Crippen LogP contribution in [0.4, 0.5) is 0 Å². The van der Waals surface area contributed by atoms with E-state index in [1.54, 1.807) is 10.6 Å². The van der Waals surface area contributed by atoms with Gasteiger partial charge >= 0.3 is 0 Å². The number of pyridine rings is 1. The van der Waals surface area contributed by atoms with Gasteiger partial charge in [0.15, 0.2) is 0 Å². The number of carbonyl (C=O) groups is 1. The van der Waals surface area contributed by atoms with Gasteiger partial charge in [-0.15, -0.1) is 11.3 Å². The minimum absolute atomic E-state index is 0.0199. The van der Waals surface area contributed by atoms with E-state index in [4.69, 9.17) is 0 Å². The first-order valence-corrected chi connectivity index (χ1v) is 11.4. The number of hydrogen-bond acceptors (Lipinski definition) is 4. The van der Waals surface area contributed by atoms with Crippen LogP contribution in [0.15, 0.2) is 35.1 Å². The van der Waals surface area contributed by atoms with Gasteiger partial charge in [-0.1, -0.05) is 37.5 Å². The number of nitrogens with one attached hydrogen (secondary N) is 1. The van der Waals surface area contributed by atoms with E-state index in [9.17, 15) is 9.59 Å². The highest BCUT2D eigenvalue weighted by atomic mass is 32.1. The van der Waals surface area contributed by atoms with E-state index in [0.29, 0.717) is 29.4 Å². The second-order valence-electron chi connectivity index (χ2n) is 7.95. The van der Waals surface area contributed by atoms with Crippen molar-refractivity contribution in [3.8, 4) is 0 Å². The first kappa shape index (κ1) is 20.1. The quantitative estimate of drug-likeness (QED) is 0.660. The molecule has 1 fully saturated rings. The Hall–Kier alpha value is -2.18. The largest absolute Gasteiger partial charge is 0.350 e. The number of benzene rings is 1. The minimum atomic E-state index is -0.0882. The van der Waals surface area contributed by atoms with Gasteiger partial charge in [0.2, 0.25) is 0 Å². The molecule has 2 heterocycles. The number of fused-ring (bicyclic) bond motifs is 3. The number of amides is 1. The third kappa shape index (κ3) is 3.96. The van der Waals surface area contributed by atoms with Crippen molar-refractivity contribution >= 4 is 38.2 Å². The number of likely N-dealkylation sites (N-methyl/N-ethyl adjacent to an activating group) is 1. The summed E-state index contributed by atoms with van der Waals surface area (Å²) in [4.78, 5) is 28.6. The summed E-state index contributed by atoms with van der Waals surface area (Å²) in [6.07, 6.45) is 6.50. The maximum Gasteiger partial charge on any atom is 0.261 e. The number of aryl methyl sites for hydroxylation is 1. The van der Waals surface area contributed by atoms with Crippen molar-refractivity contribution in [1.82, 2.24) is 14.8 Å². The fraction of sp³-hybridized carbons (Fsp3) is 0.478. The monoisotopic (exact) mass is 411 g/mol. The highest BCUT2D eigenvalue weighted by Crippen LogP contribution is 2.30. The van der Waals surface area contributed by atoms with Crippen LogP contribution in [0.25, 0.3) is 21.0 Å². The van der Waals surface area contributed by atoms with Crippen LogP contribution < -0.4 is 10.9 Å². The Bertz CT molecular complexity index is 1080. The lowest BCUT2D eigenvalue weighted by atomic mass is 9.94. The van der Waals surface area contributed by atoms with Crippen LogP contribution in [0.5, 0.6) is 0 Å². The molecule has 154 valence electrons. The van der Waals surface area contributed by atoms with Crippen molar-refractivity contribution in [2.24, 2.45) is 0 Å². The third-order valence-corrected chi connectivity index (χ3v) is 7.30. The molecule has 1 amide bonds. The molecule has 0 atom stereocenters. The lowest BCUT2D eigenvalue weighted by Crippen LogP contribution is -2.39. The molecule has 0 bridgehead atoms. The standard InChI is InChI=1S/C23H29N3O2S/c1-3-26-19-12-8-7-11-17(19)21-18(23(26)28)15-20(29-21)22(27)24-13-14-25(2)16-9-5-4-6-10-16/h7-8,11-12,15-16H,3-6,9-10,13-14H2,1-2H3,(H,24,27).